The summed E-state index contributed by atoms with van der Waals surface area (Å²) in [5.74, 6) is 3.04. The third-order valence-corrected chi connectivity index (χ3v) is 7.62. The number of methoxy groups -OCH3 is 1. The molecule has 0 saturated heterocycles. The molecule has 31 heavy (non-hydrogen) atoms. The summed E-state index contributed by atoms with van der Waals surface area (Å²) in [6, 6.07) is 0. The van der Waals surface area contributed by atoms with Gasteiger partial charge in [0.2, 0.25) is 0 Å². The lowest BCUT2D eigenvalue weighted by molar-refractivity contribution is -0.140. The molecule has 3 nitrogen and oxygen atoms in total. The van der Waals surface area contributed by atoms with E-state index in [-0.39, 0.29) is 17.5 Å². The second-order valence-corrected chi connectivity index (χ2v) is 9.65. The van der Waals surface area contributed by atoms with Crippen molar-refractivity contribution in [3.8, 4) is 0 Å². The lowest BCUT2D eigenvalue weighted by Crippen LogP contribution is -2.38. The molecule has 0 aliphatic heterocycles. The first kappa shape index (κ1) is 30.2. The number of aliphatic hydroxyl groups excluding tert-OH is 1. The SMILES string of the molecule is CC.CC.COC(=O)CCC/C=C\C[C@H]1C(C)C[C@@H](C)[C@@H]1CCCC(O)C1(C)CCC1. The molecule has 0 amide bonds. The molecule has 0 bridgehead atoms. The third kappa shape index (κ3) is 10.1. The number of carbonyl (C=O) groups excluding carboxylic acids is 1. The summed E-state index contributed by atoms with van der Waals surface area (Å²) in [6.07, 6.45) is 16.4. The van der Waals surface area contributed by atoms with Gasteiger partial charge in [-0.15, -0.1) is 0 Å². The van der Waals surface area contributed by atoms with Gasteiger partial charge in [-0.1, -0.05) is 73.5 Å². The van der Waals surface area contributed by atoms with Gasteiger partial charge in [0.25, 0.3) is 0 Å². The van der Waals surface area contributed by atoms with Crippen LogP contribution in [0.1, 0.15) is 119 Å². The maximum absolute atomic E-state index is 11.1. The summed E-state index contributed by atoms with van der Waals surface area (Å²) in [7, 11) is 1.45. The quantitative estimate of drug-likeness (QED) is 0.202. The van der Waals surface area contributed by atoms with Gasteiger partial charge in [-0.25, -0.2) is 0 Å². The summed E-state index contributed by atoms with van der Waals surface area (Å²) >= 11 is 0. The van der Waals surface area contributed by atoms with Crippen LogP contribution in [-0.2, 0) is 9.53 Å². The highest BCUT2D eigenvalue weighted by Gasteiger charge is 2.40. The molecule has 2 fully saturated rings. The van der Waals surface area contributed by atoms with Gasteiger partial charge in [0.05, 0.1) is 13.2 Å². The molecule has 0 radical (unpaired) electrons. The molecular formula is C28H54O3. The zero-order valence-electron chi connectivity index (χ0n) is 22.1. The van der Waals surface area contributed by atoms with E-state index in [0.29, 0.717) is 6.42 Å². The van der Waals surface area contributed by atoms with Crippen LogP contribution in [0.15, 0.2) is 12.2 Å². The number of aliphatic hydroxyl groups is 1. The molecule has 2 aliphatic rings. The zero-order valence-corrected chi connectivity index (χ0v) is 22.1. The smallest absolute Gasteiger partial charge is 0.305 e. The highest BCUT2D eigenvalue weighted by atomic mass is 16.5. The van der Waals surface area contributed by atoms with Gasteiger partial charge in [0.1, 0.15) is 0 Å². The fourth-order valence-corrected chi connectivity index (χ4v) is 5.49. The van der Waals surface area contributed by atoms with Gasteiger partial charge >= 0.3 is 5.97 Å². The summed E-state index contributed by atoms with van der Waals surface area (Å²) in [5, 5.41) is 10.5. The van der Waals surface area contributed by atoms with Crippen molar-refractivity contribution in [2.45, 2.75) is 125 Å². The van der Waals surface area contributed by atoms with Crippen LogP contribution in [-0.4, -0.2) is 24.3 Å². The molecule has 2 rings (SSSR count). The molecular weight excluding hydrogens is 384 g/mol. The van der Waals surface area contributed by atoms with Gasteiger partial charge in [-0.05, 0) is 80.5 Å². The third-order valence-electron chi connectivity index (χ3n) is 7.62. The van der Waals surface area contributed by atoms with Gasteiger partial charge in [0.15, 0.2) is 0 Å². The summed E-state index contributed by atoms with van der Waals surface area (Å²) in [4.78, 5) is 11.1. The van der Waals surface area contributed by atoms with E-state index >= 15 is 0 Å². The van der Waals surface area contributed by atoms with E-state index in [9.17, 15) is 9.90 Å². The molecule has 0 aromatic rings. The van der Waals surface area contributed by atoms with Crippen LogP contribution in [0.3, 0.4) is 0 Å². The Morgan fingerprint density at radius 2 is 1.68 bits per heavy atom. The predicted molar refractivity (Wildman–Crippen MR) is 134 cm³/mol. The van der Waals surface area contributed by atoms with E-state index in [0.717, 1.165) is 55.8 Å². The largest absolute Gasteiger partial charge is 0.469 e. The van der Waals surface area contributed by atoms with E-state index < -0.39 is 0 Å². The Hall–Kier alpha value is -0.830. The Morgan fingerprint density at radius 3 is 2.23 bits per heavy atom. The molecule has 184 valence electrons. The summed E-state index contributed by atoms with van der Waals surface area (Å²) in [6.45, 7) is 15.1. The molecule has 2 aliphatic carbocycles. The van der Waals surface area contributed by atoms with Crippen LogP contribution >= 0.6 is 0 Å². The molecule has 0 aromatic heterocycles. The van der Waals surface area contributed by atoms with Gasteiger partial charge < -0.3 is 9.84 Å². The fraction of sp³-hybridized carbons (Fsp3) is 0.893. The second-order valence-electron chi connectivity index (χ2n) is 9.65. The number of allylic oxidation sites excluding steroid dienone is 2. The Balaban J connectivity index is 0.00000212. The first-order valence-electron chi connectivity index (χ1n) is 13.3. The minimum atomic E-state index is -0.111. The summed E-state index contributed by atoms with van der Waals surface area (Å²) < 4.78 is 4.68. The number of carbonyl (C=O) groups is 1. The first-order chi connectivity index (χ1) is 14.9. The van der Waals surface area contributed by atoms with Crippen LogP contribution in [0.2, 0.25) is 0 Å². The number of unbranched alkanes of at least 4 members (excludes halogenated alkanes) is 1. The van der Waals surface area contributed by atoms with Crippen LogP contribution in [0.25, 0.3) is 0 Å². The van der Waals surface area contributed by atoms with Crippen molar-refractivity contribution in [3.63, 3.8) is 0 Å². The number of esters is 1. The summed E-state index contributed by atoms with van der Waals surface area (Å²) in [5.41, 5.74) is 0.209. The van der Waals surface area contributed by atoms with E-state index in [4.69, 9.17) is 0 Å². The minimum absolute atomic E-state index is 0.103. The maximum Gasteiger partial charge on any atom is 0.305 e. The minimum Gasteiger partial charge on any atom is -0.469 e. The molecule has 0 aromatic carbocycles. The fourth-order valence-electron chi connectivity index (χ4n) is 5.49. The van der Waals surface area contributed by atoms with Crippen molar-refractivity contribution in [2.24, 2.45) is 29.1 Å². The highest BCUT2D eigenvalue weighted by Crippen LogP contribution is 2.47. The van der Waals surface area contributed by atoms with Crippen LogP contribution in [0.5, 0.6) is 0 Å². The Morgan fingerprint density at radius 1 is 1.06 bits per heavy atom. The second kappa shape index (κ2) is 16.8. The van der Waals surface area contributed by atoms with Crippen molar-refractivity contribution in [3.05, 3.63) is 12.2 Å². The molecule has 3 heteroatoms. The van der Waals surface area contributed by atoms with Crippen molar-refractivity contribution in [1.29, 1.82) is 0 Å². The molecule has 0 heterocycles. The first-order valence-corrected chi connectivity index (χ1v) is 13.3. The van der Waals surface area contributed by atoms with Crippen LogP contribution in [0, 0.1) is 29.1 Å². The van der Waals surface area contributed by atoms with E-state index in [1.54, 1.807) is 0 Å². The molecule has 2 saturated carbocycles. The molecule has 0 spiro atoms. The van der Waals surface area contributed by atoms with E-state index in [2.05, 4.69) is 37.7 Å². The average molecular weight is 439 g/mol. The van der Waals surface area contributed by atoms with Crippen LogP contribution in [0.4, 0.5) is 0 Å². The highest BCUT2D eigenvalue weighted by molar-refractivity contribution is 5.69. The zero-order chi connectivity index (χ0) is 23.9. The maximum atomic E-state index is 11.1. The molecule has 1 N–H and O–H groups in total. The van der Waals surface area contributed by atoms with Crippen molar-refractivity contribution in [2.75, 3.05) is 7.11 Å². The van der Waals surface area contributed by atoms with Crippen molar-refractivity contribution >= 4 is 5.97 Å². The standard InChI is InChI=1S/C24H42O3.2C2H6/c1-18-17-19(2)21(12-9-13-22(25)24(3)15-10-16-24)20(18)11-7-5-6-8-14-23(26)27-4;2*1-2/h5,7,18-22,25H,6,8-17H2,1-4H3;2*1-2H3/b7-5-;;/t18?,19-,20+,21+,22?;;/m1../s1. The number of rotatable bonds is 11. The number of hydrogen-bond donors (Lipinski definition) is 1. The number of ether oxygens (including phenoxy) is 1. The Labute approximate surface area is 194 Å². The van der Waals surface area contributed by atoms with Crippen molar-refractivity contribution < 1.29 is 14.6 Å². The van der Waals surface area contributed by atoms with Gasteiger partial charge in [-0.3, -0.25) is 4.79 Å². The topological polar surface area (TPSA) is 46.5 Å². The van der Waals surface area contributed by atoms with Crippen molar-refractivity contribution in [1.82, 2.24) is 0 Å². The van der Waals surface area contributed by atoms with Crippen LogP contribution < -0.4 is 0 Å². The lowest BCUT2D eigenvalue weighted by Gasteiger charge is -2.42. The monoisotopic (exact) mass is 438 g/mol. The van der Waals surface area contributed by atoms with Gasteiger partial charge in [-0.2, -0.15) is 0 Å². The Kier molecular flexibility index (Phi) is 16.3. The molecule has 5 atom stereocenters. The normalized spacial score (nSPS) is 27.4. The average Bonchev–Trinajstić information content (AvgIpc) is 3.03. The van der Waals surface area contributed by atoms with E-state index in [1.807, 2.05) is 27.7 Å². The number of hydrogen-bond acceptors (Lipinski definition) is 3. The molecule has 2 unspecified atom stereocenters. The van der Waals surface area contributed by atoms with E-state index in [1.165, 1.54) is 39.2 Å². The van der Waals surface area contributed by atoms with Gasteiger partial charge in [0, 0.05) is 6.42 Å². The lowest BCUT2D eigenvalue weighted by atomic mass is 9.65. The Bertz CT molecular complexity index is 481. The predicted octanol–water partition coefficient (Wildman–Crippen LogP) is 7.96.